The number of nitrogens with zero attached hydrogens (tertiary/aromatic N) is 2. The Labute approximate surface area is 164 Å². The van der Waals surface area contributed by atoms with Crippen LogP contribution in [0.15, 0.2) is 97.2 Å². The molecule has 0 atom stereocenters. The first-order chi connectivity index (χ1) is 13.8. The van der Waals surface area contributed by atoms with Gasteiger partial charge in [0.15, 0.2) is 0 Å². The molecule has 138 valence electrons. The summed E-state index contributed by atoms with van der Waals surface area (Å²) in [5.74, 6) is -0.106. The van der Waals surface area contributed by atoms with Crippen molar-refractivity contribution in [3.05, 3.63) is 108 Å². The van der Waals surface area contributed by atoms with E-state index in [1.165, 1.54) is 5.56 Å². The molecule has 0 aliphatic heterocycles. The summed E-state index contributed by atoms with van der Waals surface area (Å²) in [6.45, 7) is 0.634. The molecule has 0 spiro atoms. The normalized spacial score (nSPS) is 10.7. The molecule has 0 aliphatic carbocycles. The van der Waals surface area contributed by atoms with E-state index in [9.17, 15) is 4.79 Å². The van der Waals surface area contributed by atoms with Crippen molar-refractivity contribution in [1.82, 2.24) is 10.4 Å². The lowest BCUT2D eigenvalue weighted by molar-refractivity contribution is 0.0974. The lowest BCUT2D eigenvalue weighted by Gasteiger charge is -2.24. The number of carbonyl (C=O) groups is 1. The number of rotatable bonds is 6. The molecule has 1 aromatic heterocycles. The van der Waals surface area contributed by atoms with Crippen LogP contribution >= 0.6 is 0 Å². The highest BCUT2D eigenvalue weighted by Crippen LogP contribution is 2.20. The quantitative estimate of drug-likeness (QED) is 0.506. The van der Waals surface area contributed by atoms with Crippen LogP contribution in [-0.4, -0.2) is 17.4 Å². The van der Waals surface area contributed by atoms with E-state index in [1.54, 1.807) is 11.2 Å². The van der Waals surface area contributed by atoms with Crippen LogP contribution in [0.3, 0.4) is 0 Å². The average molecular weight is 367 g/mol. The number of nitrogens with one attached hydrogen (secondary N) is 1. The van der Waals surface area contributed by atoms with E-state index in [-0.39, 0.29) is 5.91 Å². The van der Waals surface area contributed by atoms with Crippen LogP contribution in [0.25, 0.3) is 10.9 Å². The molecule has 0 saturated heterocycles. The van der Waals surface area contributed by atoms with Gasteiger partial charge in [-0.2, -0.15) is 0 Å². The van der Waals surface area contributed by atoms with Crippen LogP contribution < -0.4 is 10.4 Å². The third-order valence-corrected chi connectivity index (χ3v) is 4.58. The second kappa shape index (κ2) is 8.46. The second-order valence-corrected chi connectivity index (χ2v) is 6.54. The Balaban J connectivity index is 1.61. The number of amides is 1. The third-order valence-electron chi connectivity index (χ3n) is 4.58. The highest BCUT2D eigenvalue weighted by atomic mass is 16.2. The fraction of sp³-hybridized carbons (Fsp3) is 0.0833. The summed E-state index contributed by atoms with van der Waals surface area (Å²) in [5.41, 5.74) is 6.77. The molecule has 3 aromatic carbocycles. The van der Waals surface area contributed by atoms with Gasteiger partial charge in [0, 0.05) is 17.5 Å². The van der Waals surface area contributed by atoms with Gasteiger partial charge in [-0.25, -0.2) is 10.4 Å². The van der Waals surface area contributed by atoms with Gasteiger partial charge in [0.2, 0.25) is 0 Å². The van der Waals surface area contributed by atoms with Crippen molar-refractivity contribution in [2.24, 2.45) is 0 Å². The third kappa shape index (κ3) is 4.08. The van der Waals surface area contributed by atoms with Gasteiger partial charge in [0.05, 0.1) is 17.4 Å². The number of anilines is 1. The number of para-hydroxylation sites is 1. The zero-order valence-electron chi connectivity index (χ0n) is 15.5. The van der Waals surface area contributed by atoms with Gasteiger partial charge in [0.25, 0.3) is 5.91 Å². The van der Waals surface area contributed by atoms with Crippen molar-refractivity contribution in [3.8, 4) is 0 Å². The second-order valence-electron chi connectivity index (χ2n) is 6.54. The summed E-state index contributed by atoms with van der Waals surface area (Å²) >= 11 is 0. The monoisotopic (exact) mass is 367 g/mol. The van der Waals surface area contributed by atoms with Crippen LogP contribution in [0.2, 0.25) is 0 Å². The molecule has 0 radical (unpaired) electrons. The van der Waals surface area contributed by atoms with E-state index >= 15 is 0 Å². The van der Waals surface area contributed by atoms with Crippen molar-refractivity contribution < 1.29 is 4.79 Å². The van der Waals surface area contributed by atoms with Crippen molar-refractivity contribution >= 4 is 22.5 Å². The minimum absolute atomic E-state index is 0.106. The van der Waals surface area contributed by atoms with Gasteiger partial charge in [-0.15, -0.1) is 0 Å². The highest BCUT2D eigenvalue weighted by Gasteiger charge is 2.18. The maximum absolute atomic E-state index is 13.2. The Morgan fingerprint density at radius 2 is 1.54 bits per heavy atom. The number of hydrogen-bond donors (Lipinski definition) is 1. The highest BCUT2D eigenvalue weighted by molar-refractivity contribution is 6.06. The molecule has 0 aliphatic rings. The van der Waals surface area contributed by atoms with Crippen LogP contribution in [0.5, 0.6) is 0 Å². The minimum Gasteiger partial charge on any atom is -0.267 e. The van der Waals surface area contributed by atoms with Crippen LogP contribution in [0.1, 0.15) is 15.9 Å². The van der Waals surface area contributed by atoms with E-state index < -0.39 is 0 Å². The van der Waals surface area contributed by atoms with Crippen LogP contribution in [-0.2, 0) is 6.42 Å². The van der Waals surface area contributed by atoms with E-state index in [0.29, 0.717) is 12.1 Å². The Morgan fingerprint density at radius 1 is 0.857 bits per heavy atom. The maximum Gasteiger partial charge on any atom is 0.272 e. The molecule has 4 rings (SSSR count). The predicted octanol–water partition coefficient (Wildman–Crippen LogP) is 4.63. The zero-order chi connectivity index (χ0) is 19.2. The first kappa shape index (κ1) is 17.9. The zero-order valence-corrected chi connectivity index (χ0v) is 15.5. The van der Waals surface area contributed by atoms with E-state index in [1.807, 2.05) is 78.9 Å². The molecule has 4 aromatic rings. The number of carbonyl (C=O) groups excluding carboxylic acids is 1. The summed E-state index contributed by atoms with van der Waals surface area (Å²) in [7, 11) is 0. The van der Waals surface area contributed by atoms with Gasteiger partial charge >= 0.3 is 0 Å². The first-order valence-corrected chi connectivity index (χ1v) is 9.33. The van der Waals surface area contributed by atoms with Crippen molar-refractivity contribution in [3.63, 3.8) is 0 Å². The topological polar surface area (TPSA) is 45.2 Å². The summed E-state index contributed by atoms with van der Waals surface area (Å²) in [6.07, 6.45) is 2.55. The molecule has 1 N–H and O–H groups in total. The standard InChI is InChI=1S/C24H21N3O/c28-24(20-11-5-2-6-12-20)27(26-16-15-19-9-3-1-4-10-19)22-17-21-13-7-8-14-23(21)25-18-22/h1-14,17-18,26H,15-16H2. The molecule has 28 heavy (non-hydrogen) atoms. The van der Waals surface area contributed by atoms with Gasteiger partial charge in [-0.05, 0) is 36.2 Å². The van der Waals surface area contributed by atoms with E-state index in [2.05, 4.69) is 22.5 Å². The Hall–Kier alpha value is -3.50. The Kier molecular flexibility index (Phi) is 5.41. The largest absolute Gasteiger partial charge is 0.272 e. The number of aromatic nitrogens is 1. The molecule has 0 saturated carbocycles. The van der Waals surface area contributed by atoms with Crippen LogP contribution in [0.4, 0.5) is 5.69 Å². The molecule has 0 bridgehead atoms. The molecular weight excluding hydrogens is 346 g/mol. The number of pyridine rings is 1. The molecule has 0 fully saturated rings. The molecule has 4 heteroatoms. The average Bonchev–Trinajstić information content (AvgIpc) is 2.77. The smallest absolute Gasteiger partial charge is 0.267 e. The fourth-order valence-electron chi connectivity index (χ4n) is 3.13. The van der Waals surface area contributed by atoms with Gasteiger partial charge < -0.3 is 0 Å². The number of hydrogen-bond acceptors (Lipinski definition) is 3. The van der Waals surface area contributed by atoms with Crippen molar-refractivity contribution in [1.29, 1.82) is 0 Å². The lowest BCUT2D eigenvalue weighted by atomic mass is 10.1. The number of fused-ring (bicyclic) bond motifs is 1. The van der Waals surface area contributed by atoms with Crippen molar-refractivity contribution in [2.45, 2.75) is 6.42 Å². The van der Waals surface area contributed by atoms with Crippen LogP contribution in [0, 0.1) is 0 Å². The minimum atomic E-state index is -0.106. The number of benzene rings is 3. The fourth-order valence-corrected chi connectivity index (χ4v) is 3.13. The predicted molar refractivity (Wildman–Crippen MR) is 113 cm³/mol. The molecule has 4 nitrogen and oxygen atoms in total. The van der Waals surface area contributed by atoms with Crippen molar-refractivity contribution in [2.75, 3.05) is 11.6 Å². The summed E-state index contributed by atoms with van der Waals surface area (Å²) < 4.78 is 0. The van der Waals surface area contributed by atoms with E-state index in [4.69, 9.17) is 0 Å². The summed E-state index contributed by atoms with van der Waals surface area (Å²) in [4.78, 5) is 17.7. The molecule has 1 amide bonds. The number of hydrazine groups is 1. The first-order valence-electron chi connectivity index (χ1n) is 9.33. The Morgan fingerprint density at radius 3 is 2.32 bits per heavy atom. The molecule has 1 heterocycles. The summed E-state index contributed by atoms with van der Waals surface area (Å²) in [5, 5.41) is 2.59. The van der Waals surface area contributed by atoms with E-state index in [0.717, 1.165) is 23.0 Å². The lowest BCUT2D eigenvalue weighted by Crippen LogP contribution is -2.44. The Bertz CT molecular complexity index is 1060. The van der Waals surface area contributed by atoms with Gasteiger partial charge in [-0.1, -0.05) is 66.7 Å². The maximum atomic E-state index is 13.2. The van der Waals surface area contributed by atoms with Gasteiger partial charge in [0.1, 0.15) is 0 Å². The summed E-state index contributed by atoms with van der Waals surface area (Å²) in [6, 6.07) is 29.4. The SMILES string of the molecule is O=C(c1ccccc1)N(NCCc1ccccc1)c1cnc2ccccc2c1. The molecular formula is C24H21N3O. The van der Waals surface area contributed by atoms with Gasteiger partial charge in [-0.3, -0.25) is 9.78 Å². The molecule has 0 unspecified atom stereocenters.